The van der Waals surface area contributed by atoms with Crippen LogP contribution in [0.2, 0.25) is 0 Å². The molecule has 5 nitrogen and oxygen atoms in total. The normalized spacial score (nSPS) is 16.5. The molecule has 23 heavy (non-hydrogen) atoms. The lowest BCUT2D eigenvalue weighted by Crippen LogP contribution is -2.15. The van der Waals surface area contributed by atoms with Crippen LogP contribution in [-0.4, -0.2) is 21.6 Å². The van der Waals surface area contributed by atoms with E-state index < -0.39 is 0 Å². The summed E-state index contributed by atoms with van der Waals surface area (Å²) in [4.78, 5) is 21.1. The average Bonchev–Trinajstić information content (AvgIpc) is 3.14. The second-order valence-corrected chi connectivity index (χ2v) is 6.74. The number of hydrogen-bond donors (Lipinski definition) is 3. The second kappa shape index (κ2) is 5.40. The maximum Gasteiger partial charge on any atom is 0.255 e. The minimum absolute atomic E-state index is 0.0606. The van der Waals surface area contributed by atoms with Crippen LogP contribution in [0.25, 0.3) is 11.0 Å². The van der Waals surface area contributed by atoms with Crippen LogP contribution in [0.15, 0.2) is 41.6 Å². The molecule has 1 aliphatic rings. The third-order valence-corrected chi connectivity index (χ3v) is 5.32. The van der Waals surface area contributed by atoms with Gasteiger partial charge < -0.3 is 16.0 Å². The van der Waals surface area contributed by atoms with E-state index in [1.54, 1.807) is 24.0 Å². The summed E-state index contributed by atoms with van der Waals surface area (Å²) in [6.45, 7) is 1.95. The molecule has 4 N–H and O–H groups in total. The van der Waals surface area contributed by atoms with Gasteiger partial charge in [-0.2, -0.15) is 0 Å². The summed E-state index contributed by atoms with van der Waals surface area (Å²) in [5.74, 6) is 0.758. The first-order chi connectivity index (χ1) is 11.1. The van der Waals surface area contributed by atoms with Crippen LogP contribution in [0.4, 0.5) is 5.69 Å². The zero-order valence-electron chi connectivity index (χ0n) is 12.6. The molecule has 1 aliphatic heterocycles. The standard InChI is InChI=1S/C17H16N4OS/c1-9-6-12-13(18)8-23-15(12)7-11(9)17(22)21-14-3-5-20-16-10(14)2-4-19-16/h2-7,13H,8,18H2,1H3,(H2,19,20,21,22). The first-order valence-corrected chi connectivity index (χ1v) is 8.38. The Labute approximate surface area is 137 Å². The molecule has 1 amide bonds. The molecule has 0 radical (unpaired) electrons. The molecule has 4 rings (SSSR count). The monoisotopic (exact) mass is 324 g/mol. The lowest BCUT2D eigenvalue weighted by Gasteiger charge is -2.11. The number of amides is 1. The van der Waals surface area contributed by atoms with E-state index in [1.807, 2.05) is 31.3 Å². The first kappa shape index (κ1) is 14.3. The van der Waals surface area contributed by atoms with Crippen LogP contribution >= 0.6 is 11.8 Å². The number of aromatic nitrogens is 2. The maximum atomic E-state index is 12.7. The van der Waals surface area contributed by atoms with Gasteiger partial charge in [0.2, 0.25) is 0 Å². The van der Waals surface area contributed by atoms with Gasteiger partial charge in [0.25, 0.3) is 5.91 Å². The van der Waals surface area contributed by atoms with Gasteiger partial charge in [-0.25, -0.2) is 4.98 Å². The predicted molar refractivity (Wildman–Crippen MR) is 92.9 cm³/mol. The van der Waals surface area contributed by atoms with Crippen molar-refractivity contribution in [1.82, 2.24) is 9.97 Å². The predicted octanol–water partition coefficient (Wildman–Crippen LogP) is 3.23. The average molecular weight is 324 g/mol. The van der Waals surface area contributed by atoms with Crippen molar-refractivity contribution in [3.8, 4) is 0 Å². The van der Waals surface area contributed by atoms with Crippen molar-refractivity contribution in [2.24, 2.45) is 5.73 Å². The van der Waals surface area contributed by atoms with E-state index in [9.17, 15) is 4.79 Å². The Morgan fingerprint density at radius 1 is 1.43 bits per heavy atom. The van der Waals surface area contributed by atoms with Gasteiger partial charge in [0.05, 0.1) is 5.69 Å². The minimum atomic E-state index is -0.111. The zero-order valence-corrected chi connectivity index (χ0v) is 13.4. The van der Waals surface area contributed by atoms with Crippen LogP contribution in [0.3, 0.4) is 0 Å². The first-order valence-electron chi connectivity index (χ1n) is 7.40. The molecule has 3 aromatic rings. The Kier molecular flexibility index (Phi) is 3.36. The maximum absolute atomic E-state index is 12.7. The number of thioether (sulfide) groups is 1. The molecule has 1 aromatic carbocycles. The van der Waals surface area contributed by atoms with E-state index in [0.717, 1.165) is 38.5 Å². The fourth-order valence-electron chi connectivity index (χ4n) is 2.90. The van der Waals surface area contributed by atoms with Gasteiger partial charge in [0.15, 0.2) is 0 Å². The Hall–Kier alpha value is -2.31. The van der Waals surface area contributed by atoms with Crippen LogP contribution in [-0.2, 0) is 0 Å². The highest BCUT2D eigenvalue weighted by Gasteiger charge is 2.23. The molecule has 0 saturated heterocycles. The number of benzene rings is 1. The molecule has 6 heteroatoms. The number of H-pyrrole nitrogens is 1. The lowest BCUT2D eigenvalue weighted by atomic mass is 10.0. The van der Waals surface area contributed by atoms with Gasteiger partial charge in [-0.05, 0) is 36.2 Å². The number of aromatic amines is 1. The van der Waals surface area contributed by atoms with Crippen molar-refractivity contribution in [2.75, 3.05) is 11.1 Å². The zero-order chi connectivity index (χ0) is 16.0. The van der Waals surface area contributed by atoms with Crippen LogP contribution in [0.1, 0.15) is 27.5 Å². The molecule has 1 unspecified atom stereocenters. The van der Waals surface area contributed by atoms with E-state index >= 15 is 0 Å². The number of carbonyl (C=O) groups excluding carboxylic acids is 1. The number of aryl methyl sites for hydroxylation is 1. The van der Waals surface area contributed by atoms with E-state index in [2.05, 4.69) is 15.3 Å². The summed E-state index contributed by atoms with van der Waals surface area (Å²) in [6.07, 6.45) is 3.49. The fraction of sp³-hybridized carbons (Fsp3) is 0.176. The number of hydrogen-bond acceptors (Lipinski definition) is 4. The molecule has 0 spiro atoms. The number of nitrogens with two attached hydrogens (primary N) is 1. The van der Waals surface area contributed by atoms with Gasteiger partial charge in [0, 0.05) is 40.0 Å². The van der Waals surface area contributed by atoms with Gasteiger partial charge in [-0.1, -0.05) is 6.07 Å². The summed E-state index contributed by atoms with van der Waals surface area (Å²) in [6, 6.07) is 7.76. The van der Waals surface area contributed by atoms with Gasteiger partial charge >= 0.3 is 0 Å². The topological polar surface area (TPSA) is 83.8 Å². The van der Waals surface area contributed by atoms with E-state index in [-0.39, 0.29) is 11.9 Å². The molecule has 116 valence electrons. The minimum Gasteiger partial charge on any atom is -0.346 e. The third kappa shape index (κ3) is 2.40. The largest absolute Gasteiger partial charge is 0.346 e. The molecule has 0 fully saturated rings. The summed E-state index contributed by atoms with van der Waals surface area (Å²) in [5.41, 5.74) is 10.4. The number of nitrogens with zero attached hydrogens (tertiary/aromatic N) is 1. The molecular weight excluding hydrogens is 308 g/mol. The van der Waals surface area contributed by atoms with Gasteiger partial charge in [-0.15, -0.1) is 11.8 Å². The number of carbonyl (C=O) groups is 1. The lowest BCUT2D eigenvalue weighted by molar-refractivity contribution is 0.102. The highest BCUT2D eigenvalue weighted by Crippen LogP contribution is 2.38. The number of fused-ring (bicyclic) bond motifs is 2. The van der Waals surface area contributed by atoms with Crippen molar-refractivity contribution in [1.29, 1.82) is 0 Å². The Morgan fingerprint density at radius 3 is 3.17 bits per heavy atom. The summed E-state index contributed by atoms with van der Waals surface area (Å²) in [7, 11) is 0. The molecule has 2 aromatic heterocycles. The van der Waals surface area contributed by atoms with Gasteiger partial charge in [0.1, 0.15) is 5.65 Å². The van der Waals surface area contributed by atoms with Crippen LogP contribution in [0, 0.1) is 6.92 Å². The number of rotatable bonds is 2. The SMILES string of the molecule is Cc1cc2c(cc1C(=O)Nc1ccnc3[nH]ccc13)SCC2N. The smallest absolute Gasteiger partial charge is 0.255 e. The van der Waals surface area contributed by atoms with Crippen LogP contribution < -0.4 is 11.1 Å². The summed E-state index contributed by atoms with van der Waals surface area (Å²) in [5, 5.41) is 3.89. The number of anilines is 1. The molecule has 3 heterocycles. The fourth-order valence-corrected chi connectivity index (χ4v) is 4.02. The molecule has 0 aliphatic carbocycles. The van der Waals surface area contributed by atoms with E-state index in [0.29, 0.717) is 5.56 Å². The highest BCUT2D eigenvalue weighted by atomic mass is 32.2. The molecule has 0 saturated carbocycles. The van der Waals surface area contributed by atoms with Crippen molar-refractivity contribution in [3.05, 3.63) is 53.3 Å². The second-order valence-electron chi connectivity index (χ2n) is 5.68. The van der Waals surface area contributed by atoms with Crippen molar-refractivity contribution < 1.29 is 4.79 Å². The quantitative estimate of drug-likeness (QED) is 0.676. The van der Waals surface area contributed by atoms with Crippen molar-refractivity contribution in [3.63, 3.8) is 0 Å². The van der Waals surface area contributed by atoms with Crippen molar-refractivity contribution in [2.45, 2.75) is 17.9 Å². The molecule has 1 atom stereocenters. The van der Waals surface area contributed by atoms with Crippen molar-refractivity contribution >= 4 is 34.4 Å². The highest BCUT2D eigenvalue weighted by molar-refractivity contribution is 7.99. The Bertz CT molecular complexity index is 918. The van der Waals surface area contributed by atoms with E-state index in [4.69, 9.17) is 5.73 Å². The van der Waals surface area contributed by atoms with Crippen LogP contribution in [0.5, 0.6) is 0 Å². The van der Waals surface area contributed by atoms with Gasteiger partial charge in [-0.3, -0.25) is 4.79 Å². The molecule has 0 bridgehead atoms. The summed E-state index contributed by atoms with van der Waals surface area (Å²) < 4.78 is 0. The summed E-state index contributed by atoms with van der Waals surface area (Å²) >= 11 is 1.71. The number of nitrogens with one attached hydrogen (secondary N) is 2. The Balaban J connectivity index is 1.69. The van der Waals surface area contributed by atoms with E-state index in [1.165, 1.54) is 0 Å². The Morgan fingerprint density at radius 2 is 2.30 bits per heavy atom. The third-order valence-electron chi connectivity index (χ3n) is 4.13. The number of pyridine rings is 1. The molecular formula is C17H16N4OS.